The highest BCUT2D eigenvalue weighted by Gasteiger charge is 1.97. The van der Waals surface area contributed by atoms with E-state index in [0.29, 0.717) is 211 Å². The van der Waals surface area contributed by atoms with Crippen LogP contribution >= 0.6 is 0 Å². The van der Waals surface area contributed by atoms with Crippen molar-refractivity contribution in [2.75, 3.05) is 211 Å². The highest BCUT2D eigenvalue weighted by atomic mass is 16.6. The van der Waals surface area contributed by atoms with Crippen LogP contribution in [0.15, 0.2) is 0 Å². The second-order valence-corrected chi connectivity index (χ2v) is 9.76. The molecule has 0 aliphatic rings. The van der Waals surface area contributed by atoms with Crippen LogP contribution in [0.5, 0.6) is 0 Å². The molecule has 4 N–H and O–H groups in total. The predicted molar refractivity (Wildman–Crippen MR) is 180 cm³/mol. The zero-order valence-electron chi connectivity index (χ0n) is 29.9. The first kappa shape index (κ1) is 48.3. The molecule has 0 heterocycles. The van der Waals surface area contributed by atoms with Crippen molar-refractivity contribution in [1.29, 1.82) is 0 Å². The summed E-state index contributed by atoms with van der Waals surface area (Å²) in [5, 5.41) is 0. The Morgan fingerprint density at radius 3 is 0.306 bits per heavy atom. The molecule has 0 unspecified atom stereocenters. The molecular formula is C32H68N2O15. The smallest absolute Gasteiger partial charge is 0.0701 e. The van der Waals surface area contributed by atoms with Crippen molar-refractivity contribution in [2.45, 2.75) is 0 Å². The minimum Gasteiger partial charge on any atom is -0.378 e. The highest BCUT2D eigenvalue weighted by Crippen LogP contribution is 1.88. The molecule has 0 rings (SSSR count). The Balaban J connectivity index is 3.04. The monoisotopic (exact) mass is 720 g/mol. The lowest BCUT2D eigenvalue weighted by Gasteiger charge is -2.09. The molecule has 0 aliphatic heterocycles. The molecule has 49 heavy (non-hydrogen) atoms. The highest BCUT2D eigenvalue weighted by molar-refractivity contribution is 4.40. The van der Waals surface area contributed by atoms with E-state index in [1.807, 2.05) is 0 Å². The van der Waals surface area contributed by atoms with E-state index in [-0.39, 0.29) is 0 Å². The molecule has 17 heteroatoms. The third-order valence-electron chi connectivity index (χ3n) is 5.73. The summed E-state index contributed by atoms with van der Waals surface area (Å²) >= 11 is 0. The Morgan fingerprint density at radius 1 is 0.143 bits per heavy atom. The van der Waals surface area contributed by atoms with Crippen LogP contribution in [0.3, 0.4) is 0 Å². The maximum Gasteiger partial charge on any atom is 0.0701 e. The van der Waals surface area contributed by atoms with Crippen molar-refractivity contribution in [1.82, 2.24) is 0 Å². The van der Waals surface area contributed by atoms with Crippen molar-refractivity contribution in [3.8, 4) is 0 Å². The van der Waals surface area contributed by atoms with Gasteiger partial charge in [0, 0.05) is 13.1 Å². The molecule has 17 nitrogen and oxygen atoms in total. The Labute approximate surface area is 293 Å². The first-order valence-corrected chi connectivity index (χ1v) is 17.5. The summed E-state index contributed by atoms with van der Waals surface area (Å²) in [5.74, 6) is 0. The summed E-state index contributed by atoms with van der Waals surface area (Å²) < 4.78 is 81.2. The fraction of sp³-hybridized carbons (Fsp3) is 1.00. The van der Waals surface area contributed by atoms with Gasteiger partial charge in [0.05, 0.1) is 198 Å². The summed E-state index contributed by atoms with van der Waals surface area (Å²) in [6.07, 6.45) is 0. The standard InChI is InChI=1S/C32H68N2O15/c33-1-3-35-5-7-37-9-11-39-13-15-41-17-19-43-21-23-45-25-27-47-29-31-49-32-30-48-28-26-46-24-22-44-20-18-42-16-14-40-12-10-38-8-6-36-4-2-34/h1-34H2. The number of nitrogens with two attached hydrogens (primary N) is 2. The molecule has 0 bridgehead atoms. The molecule has 0 saturated carbocycles. The van der Waals surface area contributed by atoms with Crippen LogP contribution in [0.4, 0.5) is 0 Å². The SMILES string of the molecule is NCCOCCOCCOCCOCCOCCOCCOCCOCCOCCOCCOCCOCCOCCOCCOCCN. The van der Waals surface area contributed by atoms with E-state index in [2.05, 4.69) is 0 Å². The van der Waals surface area contributed by atoms with Gasteiger partial charge in [0.1, 0.15) is 0 Å². The predicted octanol–water partition coefficient (Wildman–Crippen LogP) is -0.847. The van der Waals surface area contributed by atoms with E-state index in [9.17, 15) is 0 Å². The maximum absolute atomic E-state index is 5.48. The molecule has 0 atom stereocenters. The molecule has 0 fully saturated rings. The van der Waals surface area contributed by atoms with Gasteiger partial charge < -0.3 is 82.5 Å². The number of hydrogen-bond donors (Lipinski definition) is 2. The van der Waals surface area contributed by atoms with Gasteiger partial charge in [-0.15, -0.1) is 0 Å². The zero-order chi connectivity index (χ0) is 35.2. The third kappa shape index (κ3) is 47.3. The summed E-state index contributed by atoms with van der Waals surface area (Å²) in [4.78, 5) is 0. The normalized spacial score (nSPS) is 11.6. The van der Waals surface area contributed by atoms with Crippen molar-refractivity contribution in [3.05, 3.63) is 0 Å². The minimum absolute atomic E-state index is 0.502. The molecule has 0 radical (unpaired) electrons. The Kier molecular flexibility index (Phi) is 46.7. The summed E-state index contributed by atoms with van der Waals surface area (Å²) in [5.41, 5.74) is 10.7. The van der Waals surface area contributed by atoms with Crippen molar-refractivity contribution in [2.24, 2.45) is 11.5 Å². The van der Waals surface area contributed by atoms with E-state index in [0.717, 1.165) is 0 Å². The zero-order valence-corrected chi connectivity index (χ0v) is 29.9. The van der Waals surface area contributed by atoms with Gasteiger partial charge in [-0.2, -0.15) is 0 Å². The van der Waals surface area contributed by atoms with E-state index in [1.54, 1.807) is 0 Å². The second-order valence-electron chi connectivity index (χ2n) is 9.76. The van der Waals surface area contributed by atoms with E-state index in [4.69, 9.17) is 82.5 Å². The quantitative estimate of drug-likeness (QED) is 0.0739. The van der Waals surface area contributed by atoms with Crippen LogP contribution < -0.4 is 11.5 Å². The van der Waals surface area contributed by atoms with Crippen LogP contribution in [0.2, 0.25) is 0 Å². The Morgan fingerprint density at radius 2 is 0.224 bits per heavy atom. The van der Waals surface area contributed by atoms with E-state index >= 15 is 0 Å². The third-order valence-corrected chi connectivity index (χ3v) is 5.73. The summed E-state index contributed by atoms with van der Waals surface area (Å²) in [6, 6.07) is 0. The van der Waals surface area contributed by atoms with Gasteiger partial charge in [0.15, 0.2) is 0 Å². The van der Waals surface area contributed by atoms with E-state index < -0.39 is 0 Å². The molecule has 296 valence electrons. The van der Waals surface area contributed by atoms with Crippen LogP contribution in [-0.4, -0.2) is 211 Å². The largest absolute Gasteiger partial charge is 0.378 e. The number of rotatable bonds is 46. The van der Waals surface area contributed by atoms with Gasteiger partial charge in [-0.1, -0.05) is 0 Å². The van der Waals surface area contributed by atoms with Gasteiger partial charge in [-0.05, 0) is 0 Å². The molecule has 0 aromatic rings. The lowest BCUT2D eigenvalue weighted by Crippen LogP contribution is -2.16. The van der Waals surface area contributed by atoms with Gasteiger partial charge in [0.2, 0.25) is 0 Å². The lowest BCUT2D eigenvalue weighted by molar-refractivity contribution is -0.0299. The number of ether oxygens (including phenoxy) is 15. The fourth-order valence-electron chi connectivity index (χ4n) is 3.35. The van der Waals surface area contributed by atoms with Crippen molar-refractivity contribution >= 4 is 0 Å². The van der Waals surface area contributed by atoms with Gasteiger partial charge >= 0.3 is 0 Å². The second kappa shape index (κ2) is 47.3. The topological polar surface area (TPSA) is 190 Å². The van der Waals surface area contributed by atoms with Gasteiger partial charge in [0.25, 0.3) is 0 Å². The van der Waals surface area contributed by atoms with Crippen LogP contribution in [0, 0.1) is 0 Å². The van der Waals surface area contributed by atoms with Crippen LogP contribution in [-0.2, 0) is 71.1 Å². The minimum atomic E-state index is 0.502. The molecule has 0 amide bonds. The molecular weight excluding hydrogens is 652 g/mol. The number of hydrogen-bond acceptors (Lipinski definition) is 17. The van der Waals surface area contributed by atoms with Gasteiger partial charge in [-0.25, -0.2) is 0 Å². The van der Waals surface area contributed by atoms with Crippen molar-refractivity contribution in [3.63, 3.8) is 0 Å². The Hall–Kier alpha value is -0.680. The first-order valence-electron chi connectivity index (χ1n) is 17.5. The van der Waals surface area contributed by atoms with Crippen molar-refractivity contribution < 1.29 is 71.1 Å². The molecule has 0 aromatic heterocycles. The molecule has 0 spiro atoms. The molecule has 0 aromatic carbocycles. The van der Waals surface area contributed by atoms with Crippen LogP contribution in [0.25, 0.3) is 0 Å². The fourth-order valence-corrected chi connectivity index (χ4v) is 3.35. The average molecular weight is 721 g/mol. The van der Waals surface area contributed by atoms with Gasteiger partial charge in [-0.3, -0.25) is 0 Å². The Bertz CT molecular complexity index is 531. The van der Waals surface area contributed by atoms with Crippen LogP contribution in [0.1, 0.15) is 0 Å². The summed E-state index contributed by atoms with van der Waals surface area (Å²) in [7, 11) is 0. The summed E-state index contributed by atoms with van der Waals surface area (Å²) in [6.45, 7) is 16.6. The molecule has 0 aliphatic carbocycles. The molecule has 0 saturated heterocycles. The lowest BCUT2D eigenvalue weighted by atomic mass is 10.6. The maximum atomic E-state index is 5.48. The average Bonchev–Trinajstić information content (AvgIpc) is 3.11. The van der Waals surface area contributed by atoms with E-state index in [1.165, 1.54) is 0 Å². The first-order chi connectivity index (χ1) is 24.4.